The van der Waals surface area contributed by atoms with Crippen LogP contribution in [-0.2, 0) is 17.9 Å². The highest BCUT2D eigenvalue weighted by atomic mass is 16.3. The molecule has 0 bridgehead atoms. The maximum absolute atomic E-state index is 12.5. The number of hydrogen-bond donors (Lipinski definition) is 1. The monoisotopic (exact) mass is 349 g/mol. The fourth-order valence-corrected chi connectivity index (χ4v) is 2.83. The number of aliphatic hydroxyl groups is 1. The fraction of sp³-hybridized carbons (Fsp3) is 0.238. The molecule has 5 nitrogen and oxygen atoms in total. The van der Waals surface area contributed by atoms with Crippen LogP contribution in [-0.4, -0.2) is 32.5 Å². The van der Waals surface area contributed by atoms with Gasteiger partial charge in [0.05, 0.1) is 19.1 Å². The van der Waals surface area contributed by atoms with Gasteiger partial charge in [-0.1, -0.05) is 60.7 Å². The van der Waals surface area contributed by atoms with Crippen LogP contribution in [0.2, 0.25) is 0 Å². The van der Waals surface area contributed by atoms with Crippen molar-refractivity contribution in [3.63, 3.8) is 0 Å². The van der Waals surface area contributed by atoms with Gasteiger partial charge < -0.3 is 14.6 Å². The van der Waals surface area contributed by atoms with Crippen LogP contribution in [0.3, 0.4) is 0 Å². The van der Waals surface area contributed by atoms with Crippen LogP contribution in [0, 0.1) is 0 Å². The Hall–Kier alpha value is -2.92. The van der Waals surface area contributed by atoms with Gasteiger partial charge in [0.1, 0.15) is 5.82 Å². The Kier molecular flexibility index (Phi) is 5.81. The van der Waals surface area contributed by atoms with Crippen LogP contribution < -0.4 is 0 Å². The number of nitrogens with zero attached hydrogens (tertiary/aromatic N) is 3. The Morgan fingerprint density at radius 3 is 2.46 bits per heavy atom. The molecule has 1 heterocycles. The highest BCUT2D eigenvalue weighted by molar-refractivity contribution is 5.76. The predicted molar refractivity (Wildman–Crippen MR) is 100 cm³/mol. The maximum Gasteiger partial charge on any atom is 0.225 e. The number of carbonyl (C=O) groups excluding carboxylic acids is 1. The van der Waals surface area contributed by atoms with Gasteiger partial charge in [-0.05, 0) is 11.1 Å². The van der Waals surface area contributed by atoms with Crippen molar-refractivity contribution in [1.82, 2.24) is 14.5 Å². The molecule has 1 unspecified atom stereocenters. The van der Waals surface area contributed by atoms with E-state index in [4.69, 9.17) is 0 Å². The zero-order chi connectivity index (χ0) is 18.4. The van der Waals surface area contributed by atoms with E-state index in [-0.39, 0.29) is 12.3 Å². The van der Waals surface area contributed by atoms with E-state index in [9.17, 15) is 9.90 Å². The van der Waals surface area contributed by atoms with Gasteiger partial charge in [0.15, 0.2) is 0 Å². The second-order valence-electron chi connectivity index (χ2n) is 6.34. The van der Waals surface area contributed by atoms with E-state index in [0.29, 0.717) is 13.1 Å². The molecule has 0 aliphatic carbocycles. The quantitative estimate of drug-likeness (QED) is 0.713. The average molecular weight is 349 g/mol. The van der Waals surface area contributed by atoms with Crippen molar-refractivity contribution < 1.29 is 9.90 Å². The Balaban J connectivity index is 1.60. The molecular formula is C21H23N3O2. The van der Waals surface area contributed by atoms with Crippen LogP contribution in [0.15, 0.2) is 73.1 Å². The summed E-state index contributed by atoms with van der Waals surface area (Å²) in [5.41, 5.74) is 1.93. The van der Waals surface area contributed by atoms with E-state index >= 15 is 0 Å². The summed E-state index contributed by atoms with van der Waals surface area (Å²) in [5, 5.41) is 10.2. The van der Waals surface area contributed by atoms with Crippen LogP contribution in [0.5, 0.6) is 0 Å². The third-order valence-electron chi connectivity index (χ3n) is 4.35. The van der Waals surface area contributed by atoms with Gasteiger partial charge in [-0.15, -0.1) is 0 Å². The molecule has 1 amide bonds. The van der Waals surface area contributed by atoms with Gasteiger partial charge in [0.2, 0.25) is 5.91 Å². The number of benzene rings is 2. The highest BCUT2D eigenvalue weighted by Gasteiger charge is 2.17. The van der Waals surface area contributed by atoms with E-state index in [1.165, 1.54) is 5.56 Å². The molecule has 134 valence electrons. The van der Waals surface area contributed by atoms with E-state index in [2.05, 4.69) is 17.1 Å². The number of aromatic nitrogens is 2. The molecule has 1 atom stereocenters. The standard InChI is InChI=1S/C21H23N3O2/c1-23(21(26)14-19(25)18-10-6-3-7-11-18)16-20-22-12-13-24(20)15-17-8-4-2-5-9-17/h2-13,19,25H,14-16H2,1H3. The SMILES string of the molecule is CN(Cc1nccn1Cc1ccccc1)C(=O)CC(O)c1ccccc1. The minimum absolute atomic E-state index is 0.0555. The second kappa shape index (κ2) is 8.45. The molecule has 1 N–H and O–H groups in total. The molecule has 5 heteroatoms. The number of carbonyl (C=O) groups is 1. The van der Waals surface area contributed by atoms with Crippen LogP contribution >= 0.6 is 0 Å². The zero-order valence-corrected chi connectivity index (χ0v) is 14.8. The van der Waals surface area contributed by atoms with E-state index in [0.717, 1.165) is 11.4 Å². The topological polar surface area (TPSA) is 58.4 Å². The number of rotatable bonds is 7. The van der Waals surface area contributed by atoms with Gasteiger partial charge in [0.25, 0.3) is 0 Å². The lowest BCUT2D eigenvalue weighted by atomic mass is 10.1. The largest absolute Gasteiger partial charge is 0.388 e. The summed E-state index contributed by atoms with van der Waals surface area (Å²) in [6.45, 7) is 1.12. The molecule has 2 aromatic carbocycles. The number of amides is 1. The van der Waals surface area contributed by atoms with Gasteiger partial charge in [0, 0.05) is 26.0 Å². The first-order chi connectivity index (χ1) is 12.6. The zero-order valence-electron chi connectivity index (χ0n) is 14.8. The van der Waals surface area contributed by atoms with Crippen LogP contribution in [0.4, 0.5) is 0 Å². The first-order valence-electron chi connectivity index (χ1n) is 8.64. The minimum Gasteiger partial charge on any atom is -0.388 e. The fourth-order valence-electron chi connectivity index (χ4n) is 2.83. The third-order valence-corrected chi connectivity index (χ3v) is 4.35. The van der Waals surface area contributed by atoms with Crippen molar-refractivity contribution in [3.8, 4) is 0 Å². The number of hydrogen-bond acceptors (Lipinski definition) is 3. The van der Waals surface area contributed by atoms with Crippen LogP contribution in [0.25, 0.3) is 0 Å². The molecule has 0 aliphatic heterocycles. The first kappa shape index (κ1) is 17.9. The third kappa shape index (κ3) is 4.58. The van der Waals surface area contributed by atoms with Crippen molar-refractivity contribution in [2.45, 2.75) is 25.6 Å². The van der Waals surface area contributed by atoms with Crippen LogP contribution in [0.1, 0.15) is 29.5 Å². The van der Waals surface area contributed by atoms with Crippen molar-refractivity contribution in [2.75, 3.05) is 7.05 Å². The summed E-state index contributed by atoms with van der Waals surface area (Å²) in [5.74, 6) is 0.703. The van der Waals surface area contributed by atoms with Gasteiger partial charge >= 0.3 is 0 Å². The van der Waals surface area contributed by atoms with Gasteiger partial charge in [-0.2, -0.15) is 0 Å². The Morgan fingerprint density at radius 2 is 1.77 bits per heavy atom. The lowest BCUT2D eigenvalue weighted by Crippen LogP contribution is -2.29. The Morgan fingerprint density at radius 1 is 1.12 bits per heavy atom. The molecule has 0 aliphatic rings. The Bertz CT molecular complexity index is 831. The molecule has 26 heavy (non-hydrogen) atoms. The minimum atomic E-state index is -0.796. The summed E-state index contributed by atoms with van der Waals surface area (Å²) in [6.07, 6.45) is 2.92. The summed E-state index contributed by atoms with van der Waals surface area (Å²) in [4.78, 5) is 18.4. The molecule has 3 aromatic rings. The molecule has 0 spiro atoms. The van der Waals surface area contributed by atoms with E-state index in [1.807, 2.05) is 59.3 Å². The number of imidazole rings is 1. The smallest absolute Gasteiger partial charge is 0.225 e. The van der Waals surface area contributed by atoms with E-state index < -0.39 is 6.10 Å². The van der Waals surface area contributed by atoms with Crippen molar-refractivity contribution in [3.05, 3.63) is 90.0 Å². The molecule has 0 fully saturated rings. The second-order valence-corrected chi connectivity index (χ2v) is 6.34. The summed E-state index contributed by atoms with van der Waals surface area (Å²) >= 11 is 0. The molecule has 0 saturated heterocycles. The summed E-state index contributed by atoms with van der Waals surface area (Å²) < 4.78 is 2.03. The van der Waals surface area contributed by atoms with Crippen molar-refractivity contribution in [2.24, 2.45) is 0 Å². The van der Waals surface area contributed by atoms with Crippen molar-refractivity contribution in [1.29, 1.82) is 0 Å². The molecular weight excluding hydrogens is 326 g/mol. The predicted octanol–water partition coefficient (Wildman–Crippen LogP) is 3.01. The highest BCUT2D eigenvalue weighted by Crippen LogP contribution is 2.17. The van der Waals surface area contributed by atoms with Gasteiger partial charge in [-0.25, -0.2) is 4.98 Å². The molecule has 0 radical (unpaired) electrons. The lowest BCUT2D eigenvalue weighted by Gasteiger charge is -2.20. The maximum atomic E-state index is 12.5. The summed E-state index contributed by atoms with van der Waals surface area (Å²) in [7, 11) is 1.74. The molecule has 1 aromatic heterocycles. The lowest BCUT2D eigenvalue weighted by molar-refractivity contribution is -0.132. The van der Waals surface area contributed by atoms with E-state index in [1.54, 1.807) is 18.1 Å². The number of aliphatic hydroxyl groups excluding tert-OH is 1. The molecule has 3 rings (SSSR count). The Labute approximate surface area is 153 Å². The first-order valence-corrected chi connectivity index (χ1v) is 8.64. The normalized spacial score (nSPS) is 11.9. The van der Waals surface area contributed by atoms with Gasteiger partial charge in [-0.3, -0.25) is 4.79 Å². The summed E-state index contributed by atoms with van der Waals surface area (Å²) in [6, 6.07) is 19.4. The van der Waals surface area contributed by atoms with Crippen molar-refractivity contribution >= 4 is 5.91 Å². The molecule has 0 saturated carbocycles. The average Bonchev–Trinajstić information content (AvgIpc) is 3.09.